The Balaban J connectivity index is 0. The van der Waals surface area contributed by atoms with Crippen LogP contribution in [0.1, 0.15) is 0 Å². The van der Waals surface area contributed by atoms with Gasteiger partial charge in [0.2, 0.25) is 0 Å². The predicted molar refractivity (Wildman–Crippen MR) is 7.61 cm³/mol. The van der Waals surface area contributed by atoms with E-state index in [-0.39, 0.29) is 37.3 Å². The molecule has 0 aromatic carbocycles. The molecule has 41 valence electrons. The molecule has 0 amide bonds. The molecule has 0 rings (SSSR count). The molecule has 4 nitrogen and oxygen atoms in total. The standard InChI is InChI=1S/Er.H3O4P/c;1-5(2,3)4/h;(H3,1,2,3,4)/q+3;/p-3. The van der Waals surface area contributed by atoms with Gasteiger partial charge in [0.15, 0.2) is 0 Å². The van der Waals surface area contributed by atoms with Crippen molar-refractivity contribution in [2.45, 2.75) is 0 Å². The number of phosphoric acid groups is 1. The molecule has 0 fully saturated rings. The molecule has 0 bridgehead atoms. The minimum atomic E-state index is -5.39. The van der Waals surface area contributed by atoms with Crippen LogP contribution in [-0.2, 0) is 4.57 Å². The summed E-state index contributed by atoms with van der Waals surface area (Å²) in [6.45, 7) is 0. The summed E-state index contributed by atoms with van der Waals surface area (Å²) in [5.41, 5.74) is 0. The van der Waals surface area contributed by atoms with E-state index in [0.717, 1.165) is 0 Å². The molecule has 6 heteroatoms. The zero-order valence-electron chi connectivity index (χ0n) is 2.37. The van der Waals surface area contributed by atoms with Gasteiger partial charge in [-0.25, -0.2) is 0 Å². The normalized spacial score (nSPS) is 9.83. The van der Waals surface area contributed by atoms with Crippen molar-refractivity contribution >= 4 is 7.82 Å². The first kappa shape index (κ1) is 10.4. The van der Waals surface area contributed by atoms with Gasteiger partial charge in [-0.15, -0.1) is 0 Å². The zero-order valence-corrected chi connectivity index (χ0v) is 5.12. The first-order valence-electron chi connectivity index (χ1n) is 0.730. The quantitative estimate of drug-likeness (QED) is 0.440. The van der Waals surface area contributed by atoms with E-state index >= 15 is 0 Å². The van der Waals surface area contributed by atoms with Gasteiger partial charge in [0.25, 0.3) is 0 Å². The number of rotatable bonds is 0. The summed E-state index contributed by atoms with van der Waals surface area (Å²) >= 11 is 0. The first-order valence-corrected chi connectivity index (χ1v) is 2.19. The smallest absolute Gasteiger partial charge is 0.822 e. The van der Waals surface area contributed by atoms with Crippen LogP contribution in [0.2, 0.25) is 0 Å². The molecule has 0 spiro atoms. The van der Waals surface area contributed by atoms with Crippen molar-refractivity contribution in [1.82, 2.24) is 0 Å². The Hall–Kier alpha value is 1.36. The Morgan fingerprint density at radius 2 is 1.17 bits per heavy atom. The average molecular weight is 262 g/mol. The van der Waals surface area contributed by atoms with E-state index in [4.69, 9.17) is 19.2 Å². The largest absolute Gasteiger partial charge is 3.00 e. The van der Waals surface area contributed by atoms with Gasteiger partial charge in [0, 0.05) is 0 Å². The summed E-state index contributed by atoms with van der Waals surface area (Å²) in [6.07, 6.45) is 0. The molecule has 0 aromatic rings. The molecule has 0 aromatic heterocycles. The van der Waals surface area contributed by atoms with Crippen molar-refractivity contribution in [2.75, 3.05) is 0 Å². The number of hydrogen-bond acceptors (Lipinski definition) is 4. The fourth-order valence-electron chi connectivity index (χ4n) is 0. The summed E-state index contributed by atoms with van der Waals surface area (Å²) in [5.74, 6) is 0. The Kier molecular flexibility index (Phi) is 5.82. The Morgan fingerprint density at radius 1 is 1.17 bits per heavy atom. The second-order valence-corrected chi connectivity index (χ2v) is 1.34. The molecule has 0 heterocycles. The van der Waals surface area contributed by atoms with Crippen molar-refractivity contribution in [2.24, 2.45) is 0 Å². The van der Waals surface area contributed by atoms with Crippen LogP contribution in [0.15, 0.2) is 0 Å². The van der Waals surface area contributed by atoms with E-state index in [9.17, 15) is 0 Å². The third kappa shape index (κ3) is 55.2. The van der Waals surface area contributed by atoms with Crippen LogP contribution in [0.5, 0.6) is 0 Å². The van der Waals surface area contributed by atoms with Gasteiger partial charge in [-0.3, -0.25) is 0 Å². The molecule has 0 aliphatic carbocycles. The predicted octanol–water partition coefficient (Wildman–Crippen LogP) is -2.82. The van der Waals surface area contributed by atoms with Crippen LogP contribution in [0.4, 0.5) is 0 Å². The van der Waals surface area contributed by atoms with Crippen LogP contribution in [0, 0.1) is 37.3 Å². The second kappa shape index (κ2) is 3.37. The van der Waals surface area contributed by atoms with E-state index in [1.54, 1.807) is 0 Å². The molecule has 0 aliphatic heterocycles. The molecular weight excluding hydrogens is 262 g/mol. The minimum Gasteiger partial charge on any atom is -0.822 e. The second-order valence-electron chi connectivity index (χ2n) is 0.447. The monoisotopic (exact) mass is 261 g/mol. The van der Waals surface area contributed by atoms with Crippen molar-refractivity contribution in [1.29, 1.82) is 0 Å². The third-order valence-corrected chi connectivity index (χ3v) is 0. The molecule has 0 saturated carbocycles. The van der Waals surface area contributed by atoms with Crippen molar-refractivity contribution in [3.05, 3.63) is 0 Å². The molecule has 1 radical (unpaired) electrons. The van der Waals surface area contributed by atoms with Crippen molar-refractivity contribution in [3.8, 4) is 0 Å². The van der Waals surface area contributed by atoms with Crippen LogP contribution in [0.25, 0.3) is 0 Å². The summed E-state index contributed by atoms with van der Waals surface area (Å²) in [5, 5.41) is 0. The summed E-state index contributed by atoms with van der Waals surface area (Å²) < 4.78 is 8.55. The van der Waals surface area contributed by atoms with E-state index < -0.39 is 7.82 Å². The van der Waals surface area contributed by atoms with Gasteiger partial charge in [-0.1, -0.05) is 0 Å². The van der Waals surface area contributed by atoms with Crippen molar-refractivity contribution < 1.29 is 56.6 Å². The van der Waals surface area contributed by atoms with Gasteiger partial charge in [0.05, 0.1) is 0 Å². The average Bonchev–Trinajstić information content (AvgIpc) is 0.722. The van der Waals surface area contributed by atoms with Crippen molar-refractivity contribution in [3.63, 3.8) is 0 Å². The van der Waals surface area contributed by atoms with E-state index in [0.29, 0.717) is 0 Å². The van der Waals surface area contributed by atoms with E-state index in [2.05, 4.69) is 0 Å². The Bertz CT molecular complexity index is 53.7. The van der Waals surface area contributed by atoms with Crippen LogP contribution < -0.4 is 14.7 Å². The fraction of sp³-hybridized carbons (Fsp3) is 0. The molecular formula is ErO4P. The topological polar surface area (TPSA) is 86.2 Å². The summed E-state index contributed by atoms with van der Waals surface area (Å²) in [6, 6.07) is 0. The van der Waals surface area contributed by atoms with Crippen LogP contribution >= 0.6 is 7.82 Å². The first-order chi connectivity index (χ1) is 2.00. The maximum atomic E-state index is 8.55. The Labute approximate surface area is 64.0 Å². The zero-order chi connectivity index (χ0) is 4.50. The fourth-order valence-corrected chi connectivity index (χ4v) is 0. The molecule has 0 N–H and O–H groups in total. The number of hydrogen-bond donors (Lipinski definition) is 0. The minimum absolute atomic E-state index is 0. The molecule has 0 saturated heterocycles. The van der Waals surface area contributed by atoms with Gasteiger partial charge < -0.3 is 19.2 Å². The van der Waals surface area contributed by atoms with Crippen LogP contribution in [0.3, 0.4) is 0 Å². The SMILES string of the molecule is O=P([O-])([O-])[O-].[Er+3]. The molecule has 0 aliphatic rings. The third-order valence-electron chi connectivity index (χ3n) is 0. The van der Waals surface area contributed by atoms with Crippen LogP contribution in [-0.4, -0.2) is 0 Å². The molecule has 0 unspecified atom stereocenters. The van der Waals surface area contributed by atoms with Gasteiger partial charge in [-0.05, 0) is 0 Å². The maximum absolute atomic E-state index is 8.55. The van der Waals surface area contributed by atoms with E-state index in [1.165, 1.54) is 0 Å². The summed E-state index contributed by atoms with van der Waals surface area (Å²) in [7, 11) is -5.39. The van der Waals surface area contributed by atoms with Gasteiger partial charge >= 0.3 is 37.3 Å². The summed E-state index contributed by atoms with van der Waals surface area (Å²) in [4.78, 5) is 25.6. The molecule has 0 atom stereocenters. The van der Waals surface area contributed by atoms with E-state index in [1.807, 2.05) is 0 Å². The maximum Gasteiger partial charge on any atom is 3.00 e. The Morgan fingerprint density at radius 3 is 1.17 bits per heavy atom. The van der Waals surface area contributed by atoms with Gasteiger partial charge in [0.1, 0.15) is 0 Å². The molecule has 6 heavy (non-hydrogen) atoms. The van der Waals surface area contributed by atoms with Gasteiger partial charge in [-0.2, -0.15) is 7.82 Å².